The van der Waals surface area contributed by atoms with Crippen molar-refractivity contribution in [3.8, 4) is 0 Å². The lowest BCUT2D eigenvalue weighted by Gasteiger charge is -2.37. The molecule has 0 radical (unpaired) electrons. The zero-order valence-corrected chi connectivity index (χ0v) is 18.8. The Morgan fingerprint density at radius 1 is 1.00 bits per heavy atom. The highest BCUT2D eigenvalue weighted by Crippen LogP contribution is 2.21. The molecule has 0 aromatic rings. The van der Waals surface area contributed by atoms with E-state index in [1.54, 1.807) is 6.92 Å². The van der Waals surface area contributed by atoms with Gasteiger partial charge in [0, 0.05) is 13.3 Å². The predicted octanol–water partition coefficient (Wildman–Crippen LogP) is 5.62. The van der Waals surface area contributed by atoms with Gasteiger partial charge in [-0.1, -0.05) is 70.4 Å². The molecule has 0 aromatic heterocycles. The van der Waals surface area contributed by atoms with Crippen LogP contribution < -0.4 is 10.6 Å². The number of rotatable bonds is 17. The zero-order valence-electron chi connectivity index (χ0n) is 18.8. The summed E-state index contributed by atoms with van der Waals surface area (Å²) >= 11 is 0. The molecule has 0 bridgehead atoms. The molecule has 162 valence electrons. The molecule has 1 rings (SSSR count). The molecule has 2 N–H and O–H groups in total. The minimum absolute atomic E-state index is 0.0568. The number of nitrogens with one attached hydrogen (secondary N) is 2. The van der Waals surface area contributed by atoms with Gasteiger partial charge in [0.05, 0.1) is 19.3 Å². The van der Waals surface area contributed by atoms with Gasteiger partial charge in [-0.05, 0) is 26.2 Å². The summed E-state index contributed by atoms with van der Waals surface area (Å²) in [6.07, 6.45) is 25.6. The van der Waals surface area contributed by atoms with Crippen LogP contribution in [0.3, 0.4) is 0 Å². The third kappa shape index (κ3) is 10.3. The van der Waals surface area contributed by atoms with Crippen molar-refractivity contribution in [3.63, 3.8) is 0 Å². The largest absolute Gasteiger partial charge is 0.351 e. The number of nitrogens with zero attached hydrogens (tertiary/aromatic N) is 1. The fourth-order valence-corrected chi connectivity index (χ4v) is 4.11. The summed E-state index contributed by atoms with van der Waals surface area (Å²) in [7, 11) is 0. The van der Waals surface area contributed by atoms with E-state index in [1.165, 1.54) is 64.2 Å². The summed E-state index contributed by atoms with van der Waals surface area (Å²) in [5, 5.41) is 6.46. The van der Waals surface area contributed by atoms with Gasteiger partial charge in [0.2, 0.25) is 5.91 Å². The molecular weight excluding hydrogens is 346 g/mol. The molecule has 0 saturated carbocycles. The Balaban J connectivity index is 2.09. The first kappa shape index (κ1) is 24.7. The first-order valence-corrected chi connectivity index (χ1v) is 11.8. The number of carbonyl (C=O) groups excluding carboxylic acids is 1. The Hall–Kier alpha value is -1.29. The van der Waals surface area contributed by atoms with Gasteiger partial charge in [-0.3, -0.25) is 9.28 Å². The van der Waals surface area contributed by atoms with Crippen LogP contribution in [-0.4, -0.2) is 36.2 Å². The topological polar surface area (TPSA) is 41.1 Å². The first-order valence-electron chi connectivity index (χ1n) is 11.8. The Labute approximate surface area is 174 Å². The SMILES string of the molecule is CCCCCCCCCCC/C=C/CCC1NC=C[N+]1(CC)CCNC(C)=O. The molecule has 2 atom stereocenters. The van der Waals surface area contributed by atoms with E-state index in [2.05, 4.69) is 49.0 Å². The van der Waals surface area contributed by atoms with Gasteiger partial charge in [-0.15, -0.1) is 0 Å². The number of hydrogen-bond acceptors (Lipinski definition) is 2. The maximum atomic E-state index is 11.1. The van der Waals surface area contributed by atoms with Crippen LogP contribution in [0.1, 0.15) is 97.8 Å². The smallest absolute Gasteiger partial charge is 0.217 e. The molecule has 1 heterocycles. The van der Waals surface area contributed by atoms with Crippen LogP contribution in [0.2, 0.25) is 0 Å². The van der Waals surface area contributed by atoms with Crippen molar-refractivity contribution in [3.05, 3.63) is 24.6 Å². The molecule has 0 fully saturated rings. The van der Waals surface area contributed by atoms with E-state index >= 15 is 0 Å². The van der Waals surface area contributed by atoms with Crippen LogP contribution in [0.15, 0.2) is 24.6 Å². The molecule has 28 heavy (non-hydrogen) atoms. The van der Waals surface area contributed by atoms with Crippen molar-refractivity contribution < 1.29 is 9.28 Å². The molecule has 0 aromatic carbocycles. The standard InChI is InChI=1S/C24H45N3O/c1-4-6-7-8-9-10-11-12-13-14-15-16-17-18-24-26-20-22-27(24,5-2)21-19-25-23(3)28/h15-16,20,22,24,26H,4-14,17-19,21H2,1-3H3/p+1/b16-15+. The normalized spacial score (nSPS) is 21.3. The van der Waals surface area contributed by atoms with Crippen LogP contribution in [0.4, 0.5) is 0 Å². The third-order valence-electron chi connectivity index (χ3n) is 6.02. The van der Waals surface area contributed by atoms with Gasteiger partial charge < -0.3 is 10.6 Å². The van der Waals surface area contributed by atoms with E-state index in [0.717, 1.165) is 37.0 Å². The zero-order chi connectivity index (χ0) is 20.5. The molecule has 0 saturated heterocycles. The van der Waals surface area contributed by atoms with Crippen LogP contribution in [0.5, 0.6) is 0 Å². The fourth-order valence-electron chi connectivity index (χ4n) is 4.11. The summed E-state index contributed by atoms with van der Waals surface area (Å²) in [5.41, 5.74) is 0. The van der Waals surface area contributed by atoms with Gasteiger partial charge in [0.15, 0.2) is 6.17 Å². The van der Waals surface area contributed by atoms with E-state index in [-0.39, 0.29) is 5.91 Å². The second-order valence-electron chi connectivity index (χ2n) is 8.29. The van der Waals surface area contributed by atoms with Gasteiger partial charge in [0.1, 0.15) is 12.7 Å². The van der Waals surface area contributed by atoms with Crippen molar-refractivity contribution in [2.24, 2.45) is 0 Å². The number of hydrogen-bond donors (Lipinski definition) is 2. The molecule has 0 aliphatic carbocycles. The van der Waals surface area contributed by atoms with Crippen LogP contribution >= 0.6 is 0 Å². The number of likely N-dealkylation sites (N-methyl/N-ethyl adjacent to an activating group) is 1. The fraction of sp³-hybridized carbons (Fsp3) is 0.792. The molecule has 4 nitrogen and oxygen atoms in total. The molecule has 2 unspecified atom stereocenters. The summed E-state index contributed by atoms with van der Waals surface area (Å²) in [5.74, 6) is 0.0568. The van der Waals surface area contributed by atoms with E-state index in [0.29, 0.717) is 6.17 Å². The highest BCUT2D eigenvalue weighted by atomic mass is 16.1. The van der Waals surface area contributed by atoms with Crippen LogP contribution in [0.25, 0.3) is 0 Å². The summed E-state index contributed by atoms with van der Waals surface area (Å²) < 4.78 is 0.923. The van der Waals surface area contributed by atoms with Crippen molar-refractivity contribution in [1.29, 1.82) is 0 Å². The molecule has 4 heteroatoms. The first-order chi connectivity index (χ1) is 13.6. The predicted molar refractivity (Wildman–Crippen MR) is 121 cm³/mol. The molecule has 1 aliphatic heterocycles. The molecular formula is C24H46N3O+. The van der Waals surface area contributed by atoms with E-state index in [9.17, 15) is 4.79 Å². The lowest BCUT2D eigenvalue weighted by atomic mass is 10.1. The van der Waals surface area contributed by atoms with Gasteiger partial charge >= 0.3 is 0 Å². The number of allylic oxidation sites excluding steroid dienone is 2. The van der Waals surface area contributed by atoms with E-state index in [4.69, 9.17) is 0 Å². The number of carbonyl (C=O) groups is 1. The van der Waals surface area contributed by atoms with Crippen LogP contribution in [-0.2, 0) is 4.79 Å². The lowest BCUT2D eigenvalue weighted by molar-refractivity contribution is -0.898. The second-order valence-corrected chi connectivity index (χ2v) is 8.29. The van der Waals surface area contributed by atoms with Crippen LogP contribution in [0, 0.1) is 0 Å². The number of unbranched alkanes of at least 4 members (excludes halogenated alkanes) is 9. The molecule has 1 aliphatic rings. The maximum Gasteiger partial charge on any atom is 0.217 e. The van der Waals surface area contributed by atoms with E-state index in [1.807, 2.05) is 0 Å². The maximum absolute atomic E-state index is 11.1. The van der Waals surface area contributed by atoms with Crippen molar-refractivity contribution in [2.75, 3.05) is 19.6 Å². The monoisotopic (exact) mass is 392 g/mol. The van der Waals surface area contributed by atoms with E-state index < -0.39 is 0 Å². The second kappa shape index (κ2) is 15.6. The van der Waals surface area contributed by atoms with Gasteiger partial charge in [-0.25, -0.2) is 0 Å². The van der Waals surface area contributed by atoms with Gasteiger partial charge in [-0.2, -0.15) is 0 Å². The van der Waals surface area contributed by atoms with Crippen molar-refractivity contribution in [2.45, 2.75) is 104 Å². The average Bonchev–Trinajstić information content (AvgIpc) is 3.08. The third-order valence-corrected chi connectivity index (χ3v) is 6.02. The minimum Gasteiger partial charge on any atom is -0.351 e. The Kier molecular flexibility index (Phi) is 13.8. The summed E-state index contributed by atoms with van der Waals surface area (Å²) in [6, 6.07) is 0. The van der Waals surface area contributed by atoms with Crippen molar-refractivity contribution in [1.82, 2.24) is 10.6 Å². The number of quaternary nitrogens is 1. The summed E-state index contributed by atoms with van der Waals surface area (Å²) in [4.78, 5) is 11.1. The Bertz CT molecular complexity index is 461. The molecule has 1 amide bonds. The lowest BCUT2D eigenvalue weighted by Crippen LogP contribution is -2.55. The Morgan fingerprint density at radius 2 is 1.64 bits per heavy atom. The quantitative estimate of drug-likeness (QED) is 0.192. The average molecular weight is 393 g/mol. The van der Waals surface area contributed by atoms with Gasteiger partial charge in [0.25, 0.3) is 0 Å². The molecule has 0 spiro atoms. The van der Waals surface area contributed by atoms with Crippen molar-refractivity contribution >= 4 is 5.91 Å². The Morgan fingerprint density at radius 3 is 2.29 bits per heavy atom. The highest BCUT2D eigenvalue weighted by molar-refractivity contribution is 5.72. The highest BCUT2D eigenvalue weighted by Gasteiger charge is 2.35. The summed E-state index contributed by atoms with van der Waals surface area (Å²) in [6.45, 7) is 8.84. The number of amides is 1. The minimum atomic E-state index is 0.0568.